The van der Waals surface area contributed by atoms with Crippen molar-refractivity contribution in [3.05, 3.63) is 83.4 Å². The first-order valence-corrected chi connectivity index (χ1v) is 8.64. The normalized spacial score (nSPS) is 15.4. The standard InChI is InChI=1S/C22H16O6/c23-15-8-6-13(7-9-15)19-12-18(25)21-17(24)10-16(11-20(21)28-19)27-22(26)14-4-2-1-3-5-14/h1-11,19,23-24H,12H2. The Morgan fingerprint density at radius 2 is 1.71 bits per heavy atom. The lowest BCUT2D eigenvalue weighted by molar-refractivity contribution is 0.0733. The molecule has 4 rings (SSSR count). The highest BCUT2D eigenvalue weighted by molar-refractivity contribution is 6.03. The van der Waals surface area contributed by atoms with E-state index in [-0.39, 0.29) is 40.8 Å². The first kappa shape index (κ1) is 17.6. The first-order chi connectivity index (χ1) is 13.5. The molecule has 0 aliphatic carbocycles. The summed E-state index contributed by atoms with van der Waals surface area (Å²) in [4.78, 5) is 24.8. The van der Waals surface area contributed by atoms with Crippen molar-refractivity contribution >= 4 is 11.8 Å². The number of rotatable bonds is 3. The van der Waals surface area contributed by atoms with E-state index in [4.69, 9.17) is 9.47 Å². The molecular weight excluding hydrogens is 360 g/mol. The van der Waals surface area contributed by atoms with Crippen LogP contribution in [0.2, 0.25) is 0 Å². The van der Waals surface area contributed by atoms with Gasteiger partial charge in [0.05, 0.1) is 12.0 Å². The van der Waals surface area contributed by atoms with Gasteiger partial charge in [0.25, 0.3) is 0 Å². The van der Waals surface area contributed by atoms with E-state index in [2.05, 4.69) is 0 Å². The van der Waals surface area contributed by atoms with Crippen molar-refractivity contribution in [3.63, 3.8) is 0 Å². The molecule has 1 aliphatic rings. The molecule has 0 fully saturated rings. The second-order valence-corrected chi connectivity index (χ2v) is 6.40. The fraction of sp³-hybridized carbons (Fsp3) is 0.0909. The topological polar surface area (TPSA) is 93.1 Å². The summed E-state index contributed by atoms with van der Waals surface area (Å²) in [6.45, 7) is 0. The largest absolute Gasteiger partial charge is 0.508 e. The van der Waals surface area contributed by atoms with E-state index in [0.717, 1.165) is 0 Å². The molecule has 2 N–H and O–H groups in total. The van der Waals surface area contributed by atoms with Crippen LogP contribution in [0.15, 0.2) is 66.7 Å². The number of ketones is 1. The Hall–Kier alpha value is -3.80. The van der Waals surface area contributed by atoms with Gasteiger partial charge in [0.15, 0.2) is 5.78 Å². The van der Waals surface area contributed by atoms with Crippen molar-refractivity contribution in [2.45, 2.75) is 12.5 Å². The van der Waals surface area contributed by atoms with E-state index in [1.807, 2.05) is 0 Å². The van der Waals surface area contributed by atoms with E-state index in [9.17, 15) is 19.8 Å². The number of aromatic hydroxyl groups is 2. The Balaban J connectivity index is 1.63. The molecule has 0 aromatic heterocycles. The summed E-state index contributed by atoms with van der Waals surface area (Å²) >= 11 is 0. The average molecular weight is 376 g/mol. The number of hydrogen-bond donors (Lipinski definition) is 2. The number of phenols is 2. The van der Waals surface area contributed by atoms with Crippen molar-refractivity contribution in [2.24, 2.45) is 0 Å². The second kappa shape index (κ2) is 7.08. The second-order valence-electron chi connectivity index (χ2n) is 6.40. The van der Waals surface area contributed by atoms with E-state index in [0.29, 0.717) is 11.1 Å². The van der Waals surface area contributed by atoms with Gasteiger partial charge < -0.3 is 19.7 Å². The molecule has 3 aromatic rings. The lowest BCUT2D eigenvalue weighted by Crippen LogP contribution is -2.20. The maximum atomic E-state index is 12.5. The lowest BCUT2D eigenvalue weighted by Gasteiger charge is -2.26. The molecule has 1 heterocycles. The van der Waals surface area contributed by atoms with Crippen LogP contribution < -0.4 is 9.47 Å². The number of benzene rings is 3. The van der Waals surface area contributed by atoms with Crippen molar-refractivity contribution < 1.29 is 29.3 Å². The minimum atomic E-state index is -0.586. The van der Waals surface area contributed by atoms with E-state index >= 15 is 0 Å². The minimum absolute atomic E-state index is 0.0501. The van der Waals surface area contributed by atoms with E-state index in [1.54, 1.807) is 42.5 Å². The van der Waals surface area contributed by atoms with Gasteiger partial charge in [0.2, 0.25) is 0 Å². The Morgan fingerprint density at radius 3 is 2.43 bits per heavy atom. The number of carbonyl (C=O) groups excluding carboxylic acids is 2. The van der Waals surface area contributed by atoms with Gasteiger partial charge in [-0.05, 0) is 29.8 Å². The predicted molar refractivity (Wildman–Crippen MR) is 99.9 cm³/mol. The molecule has 140 valence electrons. The molecule has 6 nitrogen and oxygen atoms in total. The summed E-state index contributed by atoms with van der Waals surface area (Å²) < 4.78 is 11.2. The number of ether oxygens (including phenoxy) is 2. The highest BCUT2D eigenvalue weighted by atomic mass is 16.5. The zero-order chi connectivity index (χ0) is 19.7. The maximum Gasteiger partial charge on any atom is 0.343 e. The van der Waals surface area contributed by atoms with Crippen LogP contribution in [-0.4, -0.2) is 22.0 Å². The van der Waals surface area contributed by atoms with Gasteiger partial charge >= 0.3 is 5.97 Å². The fourth-order valence-electron chi connectivity index (χ4n) is 3.09. The van der Waals surface area contributed by atoms with Crippen LogP contribution in [0.1, 0.15) is 38.8 Å². The molecule has 0 saturated heterocycles. The first-order valence-electron chi connectivity index (χ1n) is 8.64. The van der Waals surface area contributed by atoms with E-state index < -0.39 is 12.1 Å². The number of hydrogen-bond acceptors (Lipinski definition) is 6. The highest BCUT2D eigenvalue weighted by Gasteiger charge is 2.31. The quantitative estimate of drug-likeness (QED) is 0.530. The van der Waals surface area contributed by atoms with Gasteiger partial charge in [0.1, 0.15) is 34.7 Å². The van der Waals surface area contributed by atoms with Gasteiger partial charge in [-0.2, -0.15) is 0 Å². The zero-order valence-electron chi connectivity index (χ0n) is 14.7. The molecule has 0 amide bonds. The number of fused-ring (bicyclic) bond motifs is 1. The predicted octanol–water partition coefficient (Wildman–Crippen LogP) is 4.02. The molecule has 1 unspecified atom stereocenters. The Kier molecular flexibility index (Phi) is 4.45. The lowest BCUT2D eigenvalue weighted by atomic mass is 9.95. The van der Waals surface area contributed by atoms with Crippen LogP contribution in [0.5, 0.6) is 23.0 Å². The minimum Gasteiger partial charge on any atom is -0.508 e. The highest BCUT2D eigenvalue weighted by Crippen LogP contribution is 2.42. The number of Topliss-reactive ketones (excluding diaryl/α,β-unsaturated/α-hetero) is 1. The van der Waals surface area contributed by atoms with Gasteiger partial charge in [0, 0.05) is 12.1 Å². The van der Waals surface area contributed by atoms with Crippen molar-refractivity contribution in [1.29, 1.82) is 0 Å². The molecule has 0 bridgehead atoms. The summed E-state index contributed by atoms with van der Waals surface area (Å²) in [5.41, 5.74) is 1.14. The summed E-state index contributed by atoms with van der Waals surface area (Å²) in [5.74, 6) is -0.842. The van der Waals surface area contributed by atoms with Gasteiger partial charge in [-0.1, -0.05) is 30.3 Å². The third-order valence-corrected chi connectivity index (χ3v) is 4.46. The maximum absolute atomic E-state index is 12.5. The summed E-state index contributed by atoms with van der Waals surface area (Å²) in [6.07, 6.45) is -0.519. The summed E-state index contributed by atoms with van der Waals surface area (Å²) in [6, 6.07) is 17.4. The molecule has 28 heavy (non-hydrogen) atoms. The smallest absolute Gasteiger partial charge is 0.343 e. The number of carbonyl (C=O) groups is 2. The zero-order valence-corrected chi connectivity index (χ0v) is 14.7. The molecule has 0 radical (unpaired) electrons. The van der Waals surface area contributed by atoms with Crippen LogP contribution >= 0.6 is 0 Å². The molecule has 1 aliphatic heterocycles. The number of phenolic OH excluding ortho intramolecular Hbond substituents is 2. The molecule has 6 heteroatoms. The van der Waals surface area contributed by atoms with Gasteiger partial charge in [-0.3, -0.25) is 4.79 Å². The van der Waals surface area contributed by atoms with Crippen LogP contribution in [0.25, 0.3) is 0 Å². The van der Waals surface area contributed by atoms with Crippen LogP contribution in [0.4, 0.5) is 0 Å². The van der Waals surface area contributed by atoms with E-state index in [1.165, 1.54) is 24.3 Å². The monoisotopic (exact) mass is 376 g/mol. The Morgan fingerprint density at radius 1 is 1.00 bits per heavy atom. The molecule has 1 atom stereocenters. The van der Waals surface area contributed by atoms with Crippen LogP contribution in [0, 0.1) is 0 Å². The molecular formula is C22H16O6. The van der Waals surface area contributed by atoms with Gasteiger partial charge in [-0.15, -0.1) is 0 Å². The van der Waals surface area contributed by atoms with Crippen LogP contribution in [-0.2, 0) is 0 Å². The van der Waals surface area contributed by atoms with Crippen molar-refractivity contribution in [2.75, 3.05) is 0 Å². The average Bonchev–Trinajstić information content (AvgIpc) is 2.68. The Bertz CT molecular complexity index is 1040. The summed E-state index contributed by atoms with van der Waals surface area (Å²) in [5, 5.41) is 19.7. The molecule has 3 aromatic carbocycles. The third kappa shape index (κ3) is 3.40. The SMILES string of the molecule is O=C(Oc1cc(O)c2c(c1)OC(c1ccc(O)cc1)CC2=O)c1ccccc1. The van der Waals surface area contributed by atoms with Crippen molar-refractivity contribution in [1.82, 2.24) is 0 Å². The number of esters is 1. The fourth-order valence-corrected chi connectivity index (χ4v) is 3.09. The van der Waals surface area contributed by atoms with Gasteiger partial charge in [-0.25, -0.2) is 4.79 Å². The molecule has 0 spiro atoms. The van der Waals surface area contributed by atoms with Crippen LogP contribution in [0.3, 0.4) is 0 Å². The summed E-state index contributed by atoms with van der Waals surface area (Å²) in [7, 11) is 0. The third-order valence-electron chi connectivity index (χ3n) is 4.46. The Labute approximate surface area is 160 Å². The molecule has 0 saturated carbocycles. The van der Waals surface area contributed by atoms with Crippen molar-refractivity contribution in [3.8, 4) is 23.0 Å².